The minimum atomic E-state index is -4.00. The Morgan fingerprint density at radius 2 is 1.83 bits per heavy atom. The number of anilines is 1. The van der Waals surface area contributed by atoms with Gasteiger partial charge in [-0.1, -0.05) is 11.6 Å². The number of phenols is 1. The second kappa shape index (κ2) is 6.43. The van der Waals surface area contributed by atoms with E-state index in [2.05, 4.69) is 0 Å². The van der Waals surface area contributed by atoms with Gasteiger partial charge >= 0.3 is 0 Å². The van der Waals surface area contributed by atoms with Crippen LogP contribution in [0.15, 0.2) is 47.4 Å². The van der Waals surface area contributed by atoms with E-state index in [0.29, 0.717) is 5.69 Å². The molecule has 0 aliphatic rings. The van der Waals surface area contributed by atoms with Gasteiger partial charge in [0.25, 0.3) is 15.7 Å². The number of hydrogen-bond donors (Lipinski definition) is 1. The Kier molecular flexibility index (Phi) is 4.76. The topological polar surface area (TPSA) is 101 Å². The number of phenolic OH excluding ortho intramolecular Hbond substituents is 1. The molecule has 2 aromatic rings. The van der Waals surface area contributed by atoms with E-state index in [1.54, 1.807) is 6.92 Å². The van der Waals surface area contributed by atoms with E-state index < -0.39 is 20.6 Å². The first kappa shape index (κ1) is 17.0. The van der Waals surface area contributed by atoms with Crippen LogP contribution >= 0.6 is 11.6 Å². The van der Waals surface area contributed by atoms with E-state index in [9.17, 15) is 23.6 Å². The summed E-state index contributed by atoms with van der Waals surface area (Å²) in [5.74, 6) is 0.00401. The lowest BCUT2D eigenvalue weighted by Gasteiger charge is -2.23. The molecular formula is C14H13ClN2O5S. The minimum Gasteiger partial charge on any atom is -0.508 e. The van der Waals surface area contributed by atoms with Gasteiger partial charge in [-0.15, -0.1) is 0 Å². The minimum absolute atomic E-state index is 0.00401. The van der Waals surface area contributed by atoms with Crippen molar-refractivity contribution in [2.75, 3.05) is 10.8 Å². The maximum atomic E-state index is 12.7. The number of rotatable bonds is 5. The Balaban J connectivity index is 2.53. The molecule has 0 aromatic heterocycles. The fraction of sp³-hybridized carbons (Fsp3) is 0.143. The molecule has 0 fully saturated rings. The van der Waals surface area contributed by atoms with Crippen LogP contribution in [0, 0.1) is 10.1 Å². The first-order chi connectivity index (χ1) is 10.8. The highest BCUT2D eigenvalue weighted by atomic mass is 35.5. The van der Waals surface area contributed by atoms with Gasteiger partial charge in [0.05, 0.1) is 15.5 Å². The van der Waals surface area contributed by atoms with Crippen LogP contribution in [0.2, 0.25) is 5.02 Å². The fourth-order valence-corrected chi connectivity index (χ4v) is 3.71. The second-order valence-corrected chi connectivity index (χ2v) is 6.83. The number of hydrogen-bond acceptors (Lipinski definition) is 5. The summed E-state index contributed by atoms with van der Waals surface area (Å²) in [6.45, 7) is 1.75. The summed E-state index contributed by atoms with van der Waals surface area (Å²) in [5, 5.41) is 20.1. The van der Waals surface area contributed by atoms with Gasteiger partial charge < -0.3 is 5.11 Å². The van der Waals surface area contributed by atoms with Crippen molar-refractivity contribution in [1.82, 2.24) is 0 Å². The van der Waals surface area contributed by atoms with E-state index in [1.807, 2.05) is 0 Å². The summed E-state index contributed by atoms with van der Waals surface area (Å²) < 4.78 is 26.5. The smallest absolute Gasteiger partial charge is 0.289 e. The standard InChI is InChI=1S/C14H13ClN2O5S/c1-2-16(10-3-5-11(18)6-4-10)23(21,22)12-7-8-13(15)14(9-12)17(19)20/h3-9,18H,2H2,1H3. The molecule has 7 nitrogen and oxygen atoms in total. The van der Waals surface area contributed by atoms with Gasteiger partial charge in [0.15, 0.2) is 0 Å². The van der Waals surface area contributed by atoms with Crippen molar-refractivity contribution in [3.05, 3.63) is 57.6 Å². The first-order valence-electron chi connectivity index (χ1n) is 6.53. The van der Waals surface area contributed by atoms with Gasteiger partial charge in [0, 0.05) is 12.6 Å². The van der Waals surface area contributed by atoms with E-state index in [-0.39, 0.29) is 22.2 Å². The highest BCUT2D eigenvalue weighted by molar-refractivity contribution is 7.92. The van der Waals surface area contributed by atoms with E-state index >= 15 is 0 Å². The molecule has 0 radical (unpaired) electrons. The molecule has 1 N–H and O–H groups in total. The molecule has 0 saturated carbocycles. The van der Waals surface area contributed by atoms with Crippen LogP contribution in [-0.2, 0) is 10.0 Å². The van der Waals surface area contributed by atoms with Crippen molar-refractivity contribution < 1.29 is 18.4 Å². The zero-order chi connectivity index (χ0) is 17.2. The third kappa shape index (κ3) is 3.38. The third-order valence-corrected chi connectivity index (χ3v) is 5.35. The van der Waals surface area contributed by atoms with Crippen molar-refractivity contribution in [3.8, 4) is 5.75 Å². The van der Waals surface area contributed by atoms with Gasteiger partial charge in [0.2, 0.25) is 0 Å². The van der Waals surface area contributed by atoms with Crippen LogP contribution in [0.4, 0.5) is 11.4 Å². The zero-order valence-corrected chi connectivity index (χ0v) is 13.6. The van der Waals surface area contributed by atoms with Crippen molar-refractivity contribution in [2.24, 2.45) is 0 Å². The lowest BCUT2D eigenvalue weighted by atomic mass is 10.3. The predicted molar refractivity (Wildman–Crippen MR) is 86.4 cm³/mol. The molecule has 0 bridgehead atoms. The van der Waals surface area contributed by atoms with Crippen LogP contribution in [-0.4, -0.2) is 25.0 Å². The Labute approximate surface area is 137 Å². The normalized spacial score (nSPS) is 11.2. The molecule has 23 heavy (non-hydrogen) atoms. The summed E-state index contributed by atoms with van der Waals surface area (Å²) in [5.41, 5.74) is -0.141. The second-order valence-electron chi connectivity index (χ2n) is 4.56. The average molecular weight is 357 g/mol. The van der Waals surface area contributed by atoms with Crippen LogP contribution in [0.3, 0.4) is 0 Å². The molecule has 2 rings (SSSR count). The average Bonchev–Trinajstić information content (AvgIpc) is 2.49. The van der Waals surface area contributed by atoms with Gasteiger partial charge in [-0.25, -0.2) is 8.42 Å². The van der Waals surface area contributed by atoms with Gasteiger partial charge in [-0.05, 0) is 43.3 Å². The van der Waals surface area contributed by atoms with Crippen molar-refractivity contribution >= 4 is 33.0 Å². The third-order valence-electron chi connectivity index (χ3n) is 3.13. The number of halogens is 1. The van der Waals surface area contributed by atoms with E-state index in [4.69, 9.17) is 11.6 Å². The van der Waals surface area contributed by atoms with Gasteiger partial charge in [-0.3, -0.25) is 14.4 Å². The Bertz CT molecular complexity index is 837. The molecule has 0 spiro atoms. The number of nitrogens with zero attached hydrogens (tertiary/aromatic N) is 2. The Morgan fingerprint density at radius 1 is 1.22 bits per heavy atom. The number of sulfonamides is 1. The molecule has 0 aliphatic carbocycles. The predicted octanol–water partition coefficient (Wildman–Crippen LogP) is 3.17. The number of nitro groups is 1. The van der Waals surface area contributed by atoms with E-state index in [1.165, 1.54) is 36.4 Å². The number of benzene rings is 2. The highest BCUT2D eigenvalue weighted by Crippen LogP contribution is 2.30. The van der Waals surface area contributed by atoms with Crippen LogP contribution in [0.25, 0.3) is 0 Å². The lowest BCUT2D eigenvalue weighted by molar-refractivity contribution is -0.384. The fourth-order valence-electron chi connectivity index (χ4n) is 2.03. The molecular weight excluding hydrogens is 344 g/mol. The summed E-state index contributed by atoms with van der Waals surface area (Å²) in [6, 6.07) is 8.93. The Hall–Kier alpha value is -2.32. The van der Waals surface area contributed by atoms with E-state index in [0.717, 1.165) is 10.4 Å². The highest BCUT2D eigenvalue weighted by Gasteiger charge is 2.26. The summed E-state index contributed by atoms with van der Waals surface area (Å²) in [6.07, 6.45) is 0. The Morgan fingerprint density at radius 3 is 2.35 bits per heavy atom. The molecule has 0 heterocycles. The largest absolute Gasteiger partial charge is 0.508 e. The number of nitro benzene ring substituents is 1. The molecule has 122 valence electrons. The van der Waals surface area contributed by atoms with Crippen LogP contribution in [0.5, 0.6) is 5.75 Å². The molecule has 2 aromatic carbocycles. The van der Waals surface area contributed by atoms with Gasteiger partial charge in [0.1, 0.15) is 10.8 Å². The molecule has 0 unspecified atom stereocenters. The molecule has 0 amide bonds. The molecule has 0 aliphatic heterocycles. The summed E-state index contributed by atoms with van der Waals surface area (Å²) in [4.78, 5) is 9.96. The summed E-state index contributed by atoms with van der Waals surface area (Å²) in [7, 11) is -4.00. The first-order valence-corrected chi connectivity index (χ1v) is 8.35. The van der Waals surface area contributed by atoms with Crippen LogP contribution < -0.4 is 4.31 Å². The maximum Gasteiger partial charge on any atom is 0.289 e. The molecule has 0 saturated heterocycles. The summed E-state index contributed by atoms with van der Waals surface area (Å²) >= 11 is 5.71. The molecule has 0 atom stereocenters. The maximum absolute atomic E-state index is 12.7. The zero-order valence-electron chi connectivity index (χ0n) is 12.0. The number of aromatic hydroxyl groups is 1. The van der Waals surface area contributed by atoms with Crippen molar-refractivity contribution in [2.45, 2.75) is 11.8 Å². The van der Waals surface area contributed by atoms with Gasteiger partial charge in [-0.2, -0.15) is 0 Å². The van der Waals surface area contributed by atoms with Crippen molar-refractivity contribution in [1.29, 1.82) is 0 Å². The van der Waals surface area contributed by atoms with Crippen molar-refractivity contribution in [3.63, 3.8) is 0 Å². The SMILES string of the molecule is CCN(c1ccc(O)cc1)S(=O)(=O)c1ccc(Cl)c([N+](=O)[O-])c1. The molecule has 9 heteroatoms. The quantitative estimate of drug-likeness (QED) is 0.655. The monoisotopic (exact) mass is 356 g/mol. The van der Waals surface area contributed by atoms with Crippen LogP contribution in [0.1, 0.15) is 6.92 Å². The lowest BCUT2D eigenvalue weighted by Crippen LogP contribution is -2.30.